The molecular weight excluding hydrogens is 416 g/mol. The molecule has 1 saturated heterocycles. The topological polar surface area (TPSA) is 83.4 Å². The molecule has 2 aromatic rings. The maximum atomic E-state index is 12.2. The van der Waals surface area contributed by atoms with Gasteiger partial charge >= 0.3 is 0 Å². The van der Waals surface area contributed by atoms with Crippen LogP contribution in [0, 0.1) is 6.92 Å². The first-order chi connectivity index (χ1) is 15.9. The van der Waals surface area contributed by atoms with Crippen LogP contribution >= 0.6 is 0 Å². The van der Waals surface area contributed by atoms with Crippen molar-refractivity contribution in [1.82, 2.24) is 20.1 Å². The van der Waals surface area contributed by atoms with Gasteiger partial charge in [-0.1, -0.05) is 23.8 Å². The highest BCUT2D eigenvalue weighted by molar-refractivity contribution is 5.96. The minimum Gasteiger partial charge on any atom is -0.349 e. The summed E-state index contributed by atoms with van der Waals surface area (Å²) in [7, 11) is 0. The SMILES string of the molecule is CCn1cc([C@H]2CC[C@@H](N3CC(NC(=O)CNC(=O)c4cccc(C)c4)C3)CC2)ccc1=O. The Kier molecular flexibility index (Phi) is 7.28. The van der Waals surface area contributed by atoms with E-state index in [1.807, 2.05) is 44.3 Å². The molecule has 0 unspecified atom stereocenters. The van der Waals surface area contributed by atoms with E-state index >= 15 is 0 Å². The molecule has 176 valence electrons. The van der Waals surface area contributed by atoms with Crippen molar-refractivity contribution in [2.24, 2.45) is 0 Å². The number of nitrogens with zero attached hydrogens (tertiary/aromatic N) is 2. The summed E-state index contributed by atoms with van der Waals surface area (Å²) < 4.78 is 1.79. The first-order valence-electron chi connectivity index (χ1n) is 12.0. The van der Waals surface area contributed by atoms with Crippen LogP contribution in [0.1, 0.15) is 60.0 Å². The summed E-state index contributed by atoms with van der Waals surface area (Å²) in [6, 6.07) is 11.7. The number of nitrogens with one attached hydrogen (secondary N) is 2. The monoisotopic (exact) mass is 450 g/mol. The molecule has 33 heavy (non-hydrogen) atoms. The van der Waals surface area contributed by atoms with Crippen molar-refractivity contribution in [2.75, 3.05) is 19.6 Å². The molecule has 7 nitrogen and oxygen atoms in total. The molecule has 0 radical (unpaired) electrons. The zero-order chi connectivity index (χ0) is 23.4. The molecule has 0 bridgehead atoms. The Balaban J connectivity index is 1.16. The summed E-state index contributed by atoms with van der Waals surface area (Å²) in [6.45, 7) is 6.37. The molecule has 2 fully saturated rings. The molecule has 7 heteroatoms. The third-order valence-corrected chi connectivity index (χ3v) is 7.00. The number of benzene rings is 1. The number of likely N-dealkylation sites (tertiary alicyclic amines) is 1. The van der Waals surface area contributed by atoms with Crippen LogP contribution < -0.4 is 16.2 Å². The first-order valence-corrected chi connectivity index (χ1v) is 12.0. The predicted octanol–water partition coefficient (Wildman–Crippen LogP) is 2.43. The van der Waals surface area contributed by atoms with Crippen LogP contribution in [0.25, 0.3) is 0 Å². The number of amides is 2. The van der Waals surface area contributed by atoms with E-state index in [1.165, 1.54) is 5.56 Å². The molecule has 1 aliphatic heterocycles. The van der Waals surface area contributed by atoms with Crippen LogP contribution in [0.5, 0.6) is 0 Å². The number of aryl methyl sites for hydroxylation is 2. The van der Waals surface area contributed by atoms with Crippen LogP contribution in [0.3, 0.4) is 0 Å². The van der Waals surface area contributed by atoms with Crippen molar-refractivity contribution < 1.29 is 9.59 Å². The van der Waals surface area contributed by atoms with Crippen molar-refractivity contribution in [3.8, 4) is 0 Å². The molecule has 2 aliphatic rings. The van der Waals surface area contributed by atoms with Gasteiger partial charge in [0.25, 0.3) is 11.5 Å². The summed E-state index contributed by atoms with van der Waals surface area (Å²) in [6.07, 6.45) is 6.57. The Hall–Kier alpha value is -2.93. The number of carbonyl (C=O) groups excluding carboxylic acids is 2. The third-order valence-electron chi connectivity index (χ3n) is 7.00. The van der Waals surface area contributed by atoms with Gasteiger partial charge in [0.05, 0.1) is 12.6 Å². The highest BCUT2D eigenvalue weighted by Gasteiger charge is 2.35. The summed E-state index contributed by atoms with van der Waals surface area (Å²) >= 11 is 0. The standard InChI is InChI=1S/C26H34N4O3/c1-3-29-15-21(9-12-25(29)32)19-7-10-23(11-8-19)30-16-22(17-30)28-24(31)14-27-26(33)20-6-4-5-18(2)13-20/h4-6,9,12-13,15,19,22-23H,3,7-8,10-11,14,16-17H2,1-2H3,(H,27,33)(H,28,31)/t19-,23+. The van der Waals surface area contributed by atoms with Gasteiger partial charge in [-0.25, -0.2) is 0 Å². The Morgan fingerprint density at radius 3 is 2.52 bits per heavy atom. The Bertz CT molecular complexity index is 1050. The van der Waals surface area contributed by atoms with E-state index in [2.05, 4.69) is 15.5 Å². The van der Waals surface area contributed by atoms with E-state index in [4.69, 9.17) is 0 Å². The largest absolute Gasteiger partial charge is 0.349 e. The lowest BCUT2D eigenvalue weighted by molar-refractivity contribution is -0.122. The average Bonchev–Trinajstić information content (AvgIpc) is 2.80. The first kappa shape index (κ1) is 23.2. The van der Waals surface area contributed by atoms with Crippen molar-refractivity contribution in [3.05, 3.63) is 69.6 Å². The molecule has 4 rings (SSSR count). The van der Waals surface area contributed by atoms with Gasteiger partial charge in [-0.15, -0.1) is 0 Å². The molecule has 1 aromatic carbocycles. The molecule has 2 N–H and O–H groups in total. The fraction of sp³-hybridized carbons (Fsp3) is 0.500. The van der Waals surface area contributed by atoms with Crippen molar-refractivity contribution >= 4 is 11.8 Å². The van der Waals surface area contributed by atoms with E-state index < -0.39 is 0 Å². The summed E-state index contributed by atoms with van der Waals surface area (Å²) in [5, 5.41) is 5.73. The lowest BCUT2D eigenvalue weighted by Crippen LogP contribution is -2.63. The van der Waals surface area contributed by atoms with Gasteiger partial charge in [-0.3, -0.25) is 19.3 Å². The van der Waals surface area contributed by atoms with E-state index in [0.29, 0.717) is 24.1 Å². The highest BCUT2D eigenvalue weighted by Crippen LogP contribution is 2.35. The Morgan fingerprint density at radius 2 is 1.82 bits per heavy atom. The number of pyridine rings is 1. The summed E-state index contributed by atoms with van der Waals surface area (Å²) in [4.78, 5) is 38.7. The van der Waals surface area contributed by atoms with Gasteiger partial charge < -0.3 is 15.2 Å². The molecule has 1 aromatic heterocycles. The summed E-state index contributed by atoms with van der Waals surface area (Å²) in [5.74, 6) is 0.152. The second-order valence-corrected chi connectivity index (χ2v) is 9.36. The molecular formula is C26H34N4O3. The fourth-order valence-electron chi connectivity index (χ4n) is 5.04. The molecule has 0 atom stereocenters. The van der Waals surface area contributed by atoms with Gasteiger partial charge in [-0.2, -0.15) is 0 Å². The van der Waals surface area contributed by atoms with Gasteiger partial charge in [-0.05, 0) is 63.1 Å². The van der Waals surface area contributed by atoms with Gasteiger partial charge in [0.2, 0.25) is 5.91 Å². The Labute approximate surface area is 195 Å². The molecule has 1 aliphatic carbocycles. The lowest BCUT2D eigenvalue weighted by atomic mass is 9.81. The zero-order valence-electron chi connectivity index (χ0n) is 19.5. The minimum absolute atomic E-state index is 0.00566. The molecule has 1 saturated carbocycles. The Morgan fingerprint density at radius 1 is 1.06 bits per heavy atom. The number of hydrogen-bond donors (Lipinski definition) is 2. The van der Waals surface area contributed by atoms with E-state index in [-0.39, 0.29) is 30.0 Å². The van der Waals surface area contributed by atoms with Gasteiger partial charge in [0, 0.05) is 43.5 Å². The van der Waals surface area contributed by atoms with Crippen molar-refractivity contribution in [2.45, 2.75) is 64.1 Å². The van der Waals surface area contributed by atoms with E-state index in [0.717, 1.165) is 44.3 Å². The van der Waals surface area contributed by atoms with Crippen LogP contribution in [-0.2, 0) is 11.3 Å². The fourth-order valence-corrected chi connectivity index (χ4v) is 5.04. The molecule has 2 heterocycles. The summed E-state index contributed by atoms with van der Waals surface area (Å²) in [5.41, 5.74) is 2.93. The smallest absolute Gasteiger partial charge is 0.251 e. The predicted molar refractivity (Wildman–Crippen MR) is 128 cm³/mol. The minimum atomic E-state index is -0.227. The van der Waals surface area contributed by atoms with E-state index in [1.54, 1.807) is 16.7 Å². The molecule has 0 spiro atoms. The number of carbonyl (C=O) groups is 2. The second-order valence-electron chi connectivity index (χ2n) is 9.36. The normalized spacial score (nSPS) is 21.3. The highest BCUT2D eigenvalue weighted by atomic mass is 16.2. The number of aromatic nitrogens is 1. The van der Waals surface area contributed by atoms with Crippen LogP contribution in [-0.4, -0.2) is 53.0 Å². The number of rotatable bonds is 7. The molecule has 2 amide bonds. The quantitative estimate of drug-likeness (QED) is 0.679. The van der Waals surface area contributed by atoms with Crippen molar-refractivity contribution in [1.29, 1.82) is 0 Å². The van der Waals surface area contributed by atoms with Gasteiger partial charge in [0.1, 0.15) is 0 Å². The van der Waals surface area contributed by atoms with E-state index in [9.17, 15) is 14.4 Å². The average molecular weight is 451 g/mol. The maximum Gasteiger partial charge on any atom is 0.251 e. The van der Waals surface area contributed by atoms with Crippen LogP contribution in [0.4, 0.5) is 0 Å². The number of hydrogen-bond acceptors (Lipinski definition) is 4. The van der Waals surface area contributed by atoms with Gasteiger partial charge in [0.15, 0.2) is 0 Å². The maximum absolute atomic E-state index is 12.2. The lowest BCUT2D eigenvalue weighted by Gasteiger charge is -2.46. The second kappa shape index (κ2) is 10.3. The zero-order valence-corrected chi connectivity index (χ0v) is 19.5. The van der Waals surface area contributed by atoms with Crippen LogP contribution in [0.2, 0.25) is 0 Å². The third kappa shape index (κ3) is 5.71. The van der Waals surface area contributed by atoms with Crippen molar-refractivity contribution in [3.63, 3.8) is 0 Å². The van der Waals surface area contributed by atoms with Crippen LogP contribution in [0.15, 0.2) is 47.4 Å².